The molecule has 86 valence electrons. The Morgan fingerprint density at radius 2 is 2.12 bits per heavy atom. The quantitative estimate of drug-likeness (QED) is 0.852. The number of ether oxygens (including phenoxy) is 1. The average molecular weight is 238 g/mol. The molecule has 16 heavy (non-hydrogen) atoms. The second-order valence-electron chi connectivity index (χ2n) is 3.74. The zero-order chi connectivity index (χ0) is 11.4. The van der Waals surface area contributed by atoms with E-state index in [1.165, 1.54) is 11.8 Å². The van der Waals surface area contributed by atoms with Crippen LogP contribution >= 0.6 is 11.8 Å². The van der Waals surface area contributed by atoms with Crippen LogP contribution < -0.4 is 0 Å². The van der Waals surface area contributed by atoms with E-state index in [0.717, 1.165) is 6.42 Å². The van der Waals surface area contributed by atoms with Crippen molar-refractivity contribution in [3.63, 3.8) is 0 Å². The molecular weight excluding hydrogens is 224 g/mol. The van der Waals surface area contributed by atoms with Crippen LogP contribution in [0.2, 0.25) is 0 Å². The summed E-state index contributed by atoms with van der Waals surface area (Å²) in [5.41, 5.74) is 0.686. The van der Waals surface area contributed by atoms with Gasteiger partial charge >= 0.3 is 0 Å². The molecule has 1 fully saturated rings. The maximum atomic E-state index is 11.9. The van der Waals surface area contributed by atoms with Crippen molar-refractivity contribution in [3.05, 3.63) is 35.9 Å². The Balaban J connectivity index is 1.96. The van der Waals surface area contributed by atoms with E-state index < -0.39 is 6.10 Å². The van der Waals surface area contributed by atoms with Crippen molar-refractivity contribution >= 4 is 16.9 Å². The number of carbonyl (C=O) groups excluding carboxylic acids is 1. The molecule has 1 aliphatic rings. The Bertz CT molecular complexity index is 353. The summed E-state index contributed by atoms with van der Waals surface area (Å²) in [5, 5.41) is 9.65. The first-order valence-electron chi connectivity index (χ1n) is 5.29. The lowest BCUT2D eigenvalue weighted by atomic mass is 10.2. The molecule has 0 amide bonds. The molecule has 1 aromatic carbocycles. The Morgan fingerprint density at radius 1 is 1.38 bits per heavy atom. The maximum absolute atomic E-state index is 11.9. The zero-order valence-electron chi connectivity index (χ0n) is 8.83. The molecule has 2 unspecified atom stereocenters. The lowest BCUT2D eigenvalue weighted by Crippen LogP contribution is -2.35. The molecule has 2 rings (SSSR count). The van der Waals surface area contributed by atoms with Gasteiger partial charge in [0.1, 0.15) is 0 Å². The first kappa shape index (κ1) is 11.6. The van der Waals surface area contributed by atoms with Gasteiger partial charge in [0.2, 0.25) is 5.12 Å². The lowest BCUT2D eigenvalue weighted by Gasteiger charge is -2.26. The minimum atomic E-state index is -0.536. The van der Waals surface area contributed by atoms with Crippen LogP contribution in [0.15, 0.2) is 30.3 Å². The monoisotopic (exact) mass is 238 g/mol. The first-order chi connectivity index (χ1) is 7.77. The Hall–Kier alpha value is -0.840. The van der Waals surface area contributed by atoms with Gasteiger partial charge < -0.3 is 9.84 Å². The van der Waals surface area contributed by atoms with Crippen LogP contribution in [-0.4, -0.2) is 34.8 Å². The SMILES string of the molecule is O=C(SC1CCOCC1O)c1ccccc1. The number of aliphatic hydroxyl groups is 1. The fraction of sp³-hybridized carbons (Fsp3) is 0.417. The second-order valence-corrected chi connectivity index (χ2v) is 4.95. The highest BCUT2D eigenvalue weighted by molar-refractivity contribution is 8.14. The van der Waals surface area contributed by atoms with Crippen molar-refractivity contribution in [3.8, 4) is 0 Å². The van der Waals surface area contributed by atoms with E-state index in [9.17, 15) is 9.90 Å². The van der Waals surface area contributed by atoms with E-state index >= 15 is 0 Å². The molecule has 1 heterocycles. The van der Waals surface area contributed by atoms with Crippen LogP contribution in [-0.2, 0) is 4.74 Å². The van der Waals surface area contributed by atoms with E-state index in [4.69, 9.17) is 4.74 Å². The van der Waals surface area contributed by atoms with Crippen molar-refractivity contribution < 1.29 is 14.6 Å². The van der Waals surface area contributed by atoms with Gasteiger partial charge in [-0.25, -0.2) is 0 Å². The van der Waals surface area contributed by atoms with Crippen LogP contribution in [0.1, 0.15) is 16.8 Å². The smallest absolute Gasteiger partial charge is 0.219 e. The largest absolute Gasteiger partial charge is 0.390 e. The number of hydrogen-bond acceptors (Lipinski definition) is 4. The molecule has 1 N–H and O–H groups in total. The van der Waals surface area contributed by atoms with Gasteiger partial charge in [-0.2, -0.15) is 0 Å². The molecule has 0 spiro atoms. The number of hydrogen-bond donors (Lipinski definition) is 1. The predicted octanol–water partition coefficient (Wildman–Crippen LogP) is 1.71. The summed E-state index contributed by atoms with van der Waals surface area (Å²) in [7, 11) is 0. The fourth-order valence-corrected chi connectivity index (χ4v) is 2.62. The van der Waals surface area contributed by atoms with E-state index in [2.05, 4.69) is 0 Å². The van der Waals surface area contributed by atoms with Crippen LogP contribution in [0.4, 0.5) is 0 Å². The normalized spacial score (nSPS) is 25.3. The van der Waals surface area contributed by atoms with Gasteiger partial charge in [-0.05, 0) is 6.42 Å². The number of rotatable bonds is 2. The van der Waals surface area contributed by atoms with Crippen LogP contribution in [0.25, 0.3) is 0 Å². The standard InChI is InChI=1S/C12H14O3S/c13-10-8-15-7-6-11(10)16-12(14)9-4-2-1-3-5-9/h1-5,10-11,13H,6-8H2. The lowest BCUT2D eigenvalue weighted by molar-refractivity contribution is -0.000670. The molecule has 0 radical (unpaired) electrons. The molecule has 3 nitrogen and oxygen atoms in total. The molecular formula is C12H14O3S. The summed E-state index contributed by atoms with van der Waals surface area (Å²) in [5.74, 6) is 0. The summed E-state index contributed by atoms with van der Waals surface area (Å²) in [4.78, 5) is 11.9. The summed E-state index contributed by atoms with van der Waals surface area (Å²) >= 11 is 1.21. The topological polar surface area (TPSA) is 46.5 Å². The van der Waals surface area contributed by atoms with Gasteiger partial charge in [0, 0.05) is 17.4 Å². The number of aliphatic hydroxyl groups excluding tert-OH is 1. The number of thioether (sulfide) groups is 1. The highest BCUT2D eigenvalue weighted by Crippen LogP contribution is 2.25. The van der Waals surface area contributed by atoms with Crippen molar-refractivity contribution in [2.45, 2.75) is 17.8 Å². The van der Waals surface area contributed by atoms with Crippen molar-refractivity contribution in [2.24, 2.45) is 0 Å². The molecule has 0 aliphatic carbocycles. The van der Waals surface area contributed by atoms with E-state index in [1.807, 2.05) is 18.2 Å². The highest BCUT2D eigenvalue weighted by atomic mass is 32.2. The van der Waals surface area contributed by atoms with E-state index in [0.29, 0.717) is 18.8 Å². The van der Waals surface area contributed by atoms with Crippen molar-refractivity contribution in [1.82, 2.24) is 0 Å². The second kappa shape index (κ2) is 5.48. The fourth-order valence-electron chi connectivity index (χ4n) is 1.62. The van der Waals surface area contributed by atoms with Crippen LogP contribution in [0.3, 0.4) is 0 Å². The molecule has 0 bridgehead atoms. The number of benzene rings is 1. The van der Waals surface area contributed by atoms with Crippen LogP contribution in [0.5, 0.6) is 0 Å². The molecule has 4 heteroatoms. The van der Waals surface area contributed by atoms with Gasteiger partial charge in [-0.1, -0.05) is 42.1 Å². The van der Waals surface area contributed by atoms with Gasteiger partial charge in [-0.3, -0.25) is 4.79 Å². The van der Waals surface area contributed by atoms with E-state index in [-0.39, 0.29) is 10.4 Å². The Kier molecular flexibility index (Phi) is 3.98. The molecule has 0 aromatic heterocycles. The van der Waals surface area contributed by atoms with Gasteiger partial charge in [-0.15, -0.1) is 0 Å². The third-order valence-electron chi connectivity index (χ3n) is 2.53. The highest BCUT2D eigenvalue weighted by Gasteiger charge is 2.26. The maximum Gasteiger partial charge on any atom is 0.219 e. The van der Waals surface area contributed by atoms with Crippen molar-refractivity contribution in [2.75, 3.05) is 13.2 Å². The van der Waals surface area contributed by atoms with Crippen molar-refractivity contribution in [1.29, 1.82) is 0 Å². The van der Waals surface area contributed by atoms with E-state index in [1.54, 1.807) is 12.1 Å². The first-order valence-corrected chi connectivity index (χ1v) is 6.17. The molecule has 0 saturated carbocycles. The summed E-state index contributed by atoms with van der Waals surface area (Å²) < 4.78 is 5.12. The predicted molar refractivity (Wildman–Crippen MR) is 63.6 cm³/mol. The minimum absolute atomic E-state index is 0.0200. The van der Waals surface area contributed by atoms with Gasteiger partial charge in [0.15, 0.2) is 0 Å². The van der Waals surface area contributed by atoms with Gasteiger partial charge in [0.25, 0.3) is 0 Å². The van der Waals surface area contributed by atoms with Gasteiger partial charge in [0.05, 0.1) is 12.7 Å². The summed E-state index contributed by atoms with van der Waals surface area (Å²) in [6.07, 6.45) is 0.191. The number of carbonyl (C=O) groups is 1. The molecule has 1 aliphatic heterocycles. The molecule has 2 atom stereocenters. The molecule has 1 saturated heterocycles. The molecule has 1 aromatic rings. The Morgan fingerprint density at radius 3 is 2.81 bits per heavy atom. The third-order valence-corrected chi connectivity index (χ3v) is 3.83. The van der Waals surface area contributed by atoms with Crippen LogP contribution in [0, 0.1) is 0 Å². The summed E-state index contributed by atoms with van der Waals surface area (Å²) in [6, 6.07) is 9.15. The minimum Gasteiger partial charge on any atom is -0.390 e. The Labute approximate surface area is 98.8 Å². The average Bonchev–Trinajstić information content (AvgIpc) is 2.33. The summed E-state index contributed by atoms with van der Waals surface area (Å²) in [6.45, 7) is 0.955. The third kappa shape index (κ3) is 2.84. The zero-order valence-corrected chi connectivity index (χ0v) is 9.65.